The molecule has 2 amide bonds. The highest BCUT2D eigenvalue weighted by atomic mass is 32.2. The van der Waals surface area contributed by atoms with Crippen molar-refractivity contribution in [3.63, 3.8) is 0 Å². The van der Waals surface area contributed by atoms with Gasteiger partial charge < -0.3 is 20.1 Å². The molecule has 4 rings (SSSR count). The molecular formula is C28H28N6O6S. The number of ether oxygens (including phenoxy) is 2. The Balaban J connectivity index is 1.52. The Hall–Kier alpha value is -4.91. The van der Waals surface area contributed by atoms with E-state index in [2.05, 4.69) is 20.8 Å². The van der Waals surface area contributed by atoms with Gasteiger partial charge in [0.1, 0.15) is 11.5 Å². The fourth-order valence-corrected chi connectivity index (χ4v) is 4.67. The molecule has 0 spiro atoms. The first-order chi connectivity index (χ1) is 19.8. The number of benzene rings is 3. The molecule has 3 aromatic carbocycles. The van der Waals surface area contributed by atoms with E-state index in [0.717, 1.165) is 0 Å². The van der Waals surface area contributed by atoms with Crippen LogP contribution in [-0.4, -0.2) is 51.0 Å². The van der Waals surface area contributed by atoms with Crippen molar-refractivity contribution < 1.29 is 24.0 Å². The molecule has 212 valence electrons. The fraction of sp³-hybridized carbons (Fsp3) is 0.214. The number of thioether (sulfide) groups is 1. The molecule has 13 heteroatoms. The number of nitro groups is 1. The summed E-state index contributed by atoms with van der Waals surface area (Å²) >= 11 is 1.17. The second-order valence-electron chi connectivity index (χ2n) is 8.64. The number of carbonyl (C=O) groups excluding carboxylic acids is 2. The zero-order valence-electron chi connectivity index (χ0n) is 22.6. The van der Waals surface area contributed by atoms with E-state index in [0.29, 0.717) is 46.0 Å². The number of hydrogen-bond acceptors (Lipinski definition) is 9. The van der Waals surface area contributed by atoms with Crippen molar-refractivity contribution in [3.05, 3.63) is 93.8 Å². The van der Waals surface area contributed by atoms with Gasteiger partial charge in [0, 0.05) is 22.9 Å². The number of methoxy groups -OCH3 is 1. The molecule has 0 bridgehead atoms. The summed E-state index contributed by atoms with van der Waals surface area (Å²) in [6, 6.07) is 18.6. The average molecular weight is 577 g/mol. The molecule has 0 aliphatic heterocycles. The van der Waals surface area contributed by atoms with Gasteiger partial charge in [-0.15, -0.1) is 10.2 Å². The lowest BCUT2D eigenvalue weighted by Crippen LogP contribution is -2.25. The van der Waals surface area contributed by atoms with Crippen molar-refractivity contribution in [2.24, 2.45) is 0 Å². The summed E-state index contributed by atoms with van der Waals surface area (Å²) in [5.41, 5.74) is 1.70. The quantitative estimate of drug-likeness (QED) is 0.141. The van der Waals surface area contributed by atoms with E-state index in [9.17, 15) is 19.7 Å². The Labute approximate surface area is 240 Å². The topological polar surface area (TPSA) is 151 Å². The molecule has 0 saturated heterocycles. The van der Waals surface area contributed by atoms with Crippen LogP contribution in [0.25, 0.3) is 5.69 Å². The fourth-order valence-electron chi connectivity index (χ4n) is 3.90. The number of para-hydroxylation sites is 2. The first-order valence-corrected chi connectivity index (χ1v) is 13.6. The number of nitrogens with zero attached hydrogens (tertiary/aromatic N) is 4. The molecule has 0 saturated carbocycles. The number of aromatic nitrogens is 3. The zero-order valence-corrected chi connectivity index (χ0v) is 23.4. The smallest absolute Gasteiger partial charge is 0.273 e. The van der Waals surface area contributed by atoms with Gasteiger partial charge in [-0.2, -0.15) is 0 Å². The van der Waals surface area contributed by atoms with Gasteiger partial charge in [0.2, 0.25) is 5.91 Å². The van der Waals surface area contributed by atoms with Crippen LogP contribution in [0.3, 0.4) is 0 Å². The molecule has 1 heterocycles. The van der Waals surface area contributed by atoms with Crippen molar-refractivity contribution >= 4 is 35.0 Å². The van der Waals surface area contributed by atoms with Crippen LogP contribution < -0.4 is 20.1 Å². The number of nitro benzene ring substituents is 1. The van der Waals surface area contributed by atoms with Gasteiger partial charge >= 0.3 is 0 Å². The van der Waals surface area contributed by atoms with Gasteiger partial charge in [-0.3, -0.25) is 24.3 Å². The standard InChI is InChI=1S/C28H28N6O6S/c1-4-40-21-13-11-20(12-14-21)30-26(35)17-41-28-32-31-25(33(28)22-7-5-6-8-24(22)39-3)16-29-27(36)19-10-9-18(2)23(15-19)34(37)38/h5-15H,4,16-17H2,1-3H3,(H,29,36)(H,30,35). The zero-order chi connectivity index (χ0) is 29.4. The van der Waals surface area contributed by atoms with Crippen LogP contribution in [0.2, 0.25) is 0 Å². The number of rotatable bonds is 12. The Morgan fingerprint density at radius 3 is 2.54 bits per heavy atom. The second-order valence-corrected chi connectivity index (χ2v) is 9.58. The molecule has 0 unspecified atom stereocenters. The van der Waals surface area contributed by atoms with Crippen LogP contribution in [0.4, 0.5) is 11.4 Å². The monoisotopic (exact) mass is 576 g/mol. The molecule has 2 N–H and O–H groups in total. The number of nitrogens with one attached hydrogen (secondary N) is 2. The molecule has 0 aliphatic carbocycles. The molecule has 0 aliphatic rings. The largest absolute Gasteiger partial charge is 0.495 e. The van der Waals surface area contributed by atoms with Crippen LogP contribution in [-0.2, 0) is 11.3 Å². The minimum Gasteiger partial charge on any atom is -0.495 e. The minimum atomic E-state index is -0.528. The van der Waals surface area contributed by atoms with Gasteiger partial charge in [0.25, 0.3) is 11.6 Å². The van der Waals surface area contributed by atoms with Crippen molar-refractivity contribution in [2.45, 2.75) is 25.5 Å². The van der Waals surface area contributed by atoms with Gasteiger partial charge in [-0.25, -0.2) is 0 Å². The van der Waals surface area contributed by atoms with Crippen molar-refractivity contribution in [2.75, 3.05) is 24.8 Å². The summed E-state index contributed by atoms with van der Waals surface area (Å²) < 4.78 is 12.7. The van der Waals surface area contributed by atoms with E-state index in [1.165, 1.54) is 37.1 Å². The third-order valence-corrected chi connectivity index (χ3v) is 6.81. The molecule has 0 radical (unpaired) electrons. The first-order valence-electron chi connectivity index (χ1n) is 12.6. The number of amides is 2. The van der Waals surface area contributed by atoms with Crippen molar-refractivity contribution in [1.29, 1.82) is 0 Å². The third kappa shape index (κ3) is 7.19. The van der Waals surface area contributed by atoms with Crippen LogP contribution in [0, 0.1) is 17.0 Å². The average Bonchev–Trinajstić information content (AvgIpc) is 3.38. The van der Waals surface area contributed by atoms with Crippen LogP contribution in [0.15, 0.2) is 71.9 Å². The van der Waals surface area contributed by atoms with E-state index < -0.39 is 10.8 Å². The highest BCUT2D eigenvalue weighted by Gasteiger charge is 2.20. The minimum absolute atomic E-state index is 0.0372. The van der Waals surface area contributed by atoms with Crippen LogP contribution in [0.5, 0.6) is 11.5 Å². The van der Waals surface area contributed by atoms with E-state index in [-0.39, 0.29) is 29.5 Å². The molecule has 12 nitrogen and oxygen atoms in total. The summed E-state index contributed by atoms with van der Waals surface area (Å²) in [6.45, 7) is 4.01. The predicted molar refractivity (Wildman–Crippen MR) is 154 cm³/mol. The molecule has 0 fully saturated rings. The number of aryl methyl sites for hydroxylation is 1. The maximum Gasteiger partial charge on any atom is 0.273 e. The predicted octanol–water partition coefficient (Wildman–Crippen LogP) is 4.55. The van der Waals surface area contributed by atoms with Gasteiger partial charge in [0.05, 0.1) is 36.6 Å². The number of carbonyl (C=O) groups is 2. The van der Waals surface area contributed by atoms with Gasteiger partial charge in [-0.05, 0) is 56.3 Å². The summed E-state index contributed by atoms with van der Waals surface area (Å²) in [7, 11) is 1.53. The Morgan fingerprint density at radius 1 is 1.07 bits per heavy atom. The van der Waals surface area contributed by atoms with Gasteiger partial charge in [-0.1, -0.05) is 30.0 Å². The lowest BCUT2D eigenvalue weighted by Gasteiger charge is -2.14. The van der Waals surface area contributed by atoms with E-state index in [1.807, 2.05) is 19.1 Å². The number of anilines is 1. The van der Waals surface area contributed by atoms with E-state index in [1.54, 1.807) is 47.9 Å². The van der Waals surface area contributed by atoms with E-state index in [4.69, 9.17) is 9.47 Å². The Morgan fingerprint density at radius 2 is 1.83 bits per heavy atom. The molecule has 4 aromatic rings. The molecule has 41 heavy (non-hydrogen) atoms. The molecular weight excluding hydrogens is 548 g/mol. The summed E-state index contributed by atoms with van der Waals surface area (Å²) in [6.07, 6.45) is 0. The van der Waals surface area contributed by atoms with Crippen LogP contribution in [0.1, 0.15) is 28.7 Å². The van der Waals surface area contributed by atoms with Crippen LogP contribution >= 0.6 is 11.8 Å². The van der Waals surface area contributed by atoms with Crippen molar-refractivity contribution in [1.82, 2.24) is 20.1 Å². The Kier molecular flexibility index (Phi) is 9.53. The normalized spacial score (nSPS) is 10.6. The highest BCUT2D eigenvalue weighted by Crippen LogP contribution is 2.29. The molecule has 1 aromatic heterocycles. The second kappa shape index (κ2) is 13.4. The maximum atomic E-state index is 12.8. The third-order valence-electron chi connectivity index (χ3n) is 5.88. The highest BCUT2D eigenvalue weighted by molar-refractivity contribution is 7.99. The summed E-state index contributed by atoms with van der Waals surface area (Å²) in [5, 5.41) is 25.8. The lowest BCUT2D eigenvalue weighted by molar-refractivity contribution is -0.385. The number of hydrogen-bond donors (Lipinski definition) is 2. The summed E-state index contributed by atoms with van der Waals surface area (Å²) in [5.74, 6) is 0.912. The van der Waals surface area contributed by atoms with Gasteiger partial charge in [0.15, 0.2) is 11.0 Å². The molecule has 0 atom stereocenters. The summed E-state index contributed by atoms with van der Waals surface area (Å²) in [4.78, 5) is 36.3. The maximum absolute atomic E-state index is 12.8. The van der Waals surface area contributed by atoms with E-state index >= 15 is 0 Å². The Bertz CT molecular complexity index is 1560. The lowest BCUT2D eigenvalue weighted by atomic mass is 10.1. The van der Waals surface area contributed by atoms with Crippen molar-refractivity contribution in [3.8, 4) is 17.2 Å². The first kappa shape index (κ1) is 29.1. The SMILES string of the molecule is CCOc1ccc(NC(=O)CSc2nnc(CNC(=O)c3ccc(C)c([N+](=O)[O-])c3)n2-c2ccccc2OC)cc1.